The number of alkyl halides is 3. The molecule has 5 rings (SSSR count). The summed E-state index contributed by atoms with van der Waals surface area (Å²) >= 11 is 5.82. The molecule has 186 valence electrons. The van der Waals surface area contributed by atoms with Crippen LogP contribution in [-0.2, 0) is 4.74 Å². The molecule has 0 saturated carbocycles. The largest absolute Gasteiger partial charge is 0.446 e. The molecule has 3 aromatic heterocycles. The Balaban J connectivity index is 1.36. The minimum atomic E-state index is -4.45. The second-order valence-electron chi connectivity index (χ2n) is 7.78. The first-order chi connectivity index (χ1) is 17.3. The Morgan fingerprint density at radius 1 is 1.08 bits per heavy atom. The summed E-state index contributed by atoms with van der Waals surface area (Å²) in [7, 11) is 0. The fourth-order valence-electron chi connectivity index (χ4n) is 3.74. The first kappa shape index (κ1) is 24.3. The van der Waals surface area contributed by atoms with Crippen molar-refractivity contribution in [3.8, 4) is 11.3 Å². The fraction of sp³-hybridized carbons (Fsp3) is 0.217. The number of aromatic nitrogens is 4. The molecular formula is C23H18ClF3N6O2S. The van der Waals surface area contributed by atoms with Gasteiger partial charge in [0.05, 0.1) is 35.8 Å². The lowest BCUT2D eigenvalue weighted by Crippen LogP contribution is -2.36. The number of pyridine rings is 1. The molecular weight excluding hydrogens is 517 g/mol. The average molecular weight is 535 g/mol. The van der Waals surface area contributed by atoms with E-state index in [-0.39, 0.29) is 27.4 Å². The van der Waals surface area contributed by atoms with Crippen molar-refractivity contribution in [3.05, 3.63) is 65.6 Å². The molecule has 1 aliphatic rings. The van der Waals surface area contributed by atoms with E-state index in [9.17, 15) is 18.0 Å². The summed E-state index contributed by atoms with van der Waals surface area (Å²) in [5.41, 5.74) is -1.98. The number of nitrogens with one attached hydrogen (secondary N) is 1. The van der Waals surface area contributed by atoms with Crippen molar-refractivity contribution in [1.82, 2.24) is 19.6 Å². The molecule has 0 atom stereocenters. The average Bonchev–Trinajstić information content (AvgIpc) is 3.30. The highest BCUT2D eigenvalue weighted by Crippen LogP contribution is 2.41. The zero-order valence-corrected chi connectivity index (χ0v) is 20.1. The number of anilines is 2. The number of carbonyl (C=O) groups is 1. The molecule has 1 aliphatic heterocycles. The molecule has 1 aromatic carbocycles. The highest BCUT2D eigenvalue weighted by Gasteiger charge is 2.30. The molecule has 1 N–H and O–H groups in total. The minimum Gasteiger partial charge on any atom is -0.378 e. The van der Waals surface area contributed by atoms with Gasteiger partial charge in [-0.25, -0.2) is 14.5 Å². The summed E-state index contributed by atoms with van der Waals surface area (Å²) in [6, 6.07) is 11.0. The zero-order chi connectivity index (χ0) is 25.3. The van der Waals surface area contributed by atoms with Crippen molar-refractivity contribution < 1.29 is 22.7 Å². The molecule has 4 heterocycles. The van der Waals surface area contributed by atoms with Crippen LogP contribution in [0.1, 0.15) is 10.5 Å². The SMILES string of the molecule is O=C(Nc1ccc(N2CCOCC2)cn1)c1cc2nccc(-c3ccc(SC(F)(F)F)c(Cl)c3)n2n1. The number of hydrogen-bond donors (Lipinski definition) is 1. The van der Waals surface area contributed by atoms with Crippen LogP contribution in [0.4, 0.5) is 24.7 Å². The van der Waals surface area contributed by atoms with Gasteiger partial charge in [0.15, 0.2) is 11.3 Å². The van der Waals surface area contributed by atoms with Gasteiger partial charge in [0, 0.05) is 35.8 Å². The second-order valence-corrected chi connectivity index (χ2v) is 9.29. The van der Waals surface area contributed by atoms with Gasteiger partial charge in [-0.2, -0.15) is 18.3 Å². The van der Waals surface area contributed by atoms with Crippen LogP contribution >= 0.6 is 23.4 Å². The smallest absolute Gasteiger partial charge is 0.378 e. The summed E-state index contributed by atoms with van der Waals surface area (Å²) in [5.74, 6) is -0.111. The number of thioether (sulfide) groups is 1. The third-order valence-electron chi connectivity index (χ3n) is 5.41. The maximum atomic E-state index is 12.8. The van der Waals surface area contributed by atoms with Gasteiger partial charge in [0.2, 0.25) is 0 Å². The van der Waals surface area contributed by atoms with Crippen LogP contribution in [0.25, 0.3) is 16.9 Å². The van der Waals surface area contributed by atoms with E-state index in [1.165, 1.54) is 35.0 Å². The van der Waals surface area contributed by atoms with E-state index in [1.54, 1.807) is 18.3 Å². The number of amides is 1. The molecule has 0 bridgehead atoms. The van der Waals surface area contributed by atoms with Crippen molar-refractivity contribution in [1.29, 1.82) is 0 Å². The number of ether oxygens (including phenoxy) is 1. The Bertz CT molecular complexity index is 1410. The minimum absolute atomic E-state index is 0.0449. The number of morpholine rings is 1. The summed E-state index contributed by atoms with van der Waals surface area (Å²) in [6.07, 6.45) is 3.21. The first-order valence-corrected chi connectivity index (χ1v) is 12.0. The van der Waals surface area contributed by atoms with Crippen molar-refractivity contribution in [2.24, 2.45) is 0 Å². The topological polar surface area (TPSA) is 84.7 Å². The van der Waals surface area contributed by atoms with Gasteiger partial charge in [-0.05, 0) is 42.1 Å². The van der Waals surface area contributed by atoms with E-state index in [0.29, 0.717) is 35.9 Å². The van der Waals surface area contributed by atoms with E-state index in [0.717, 1.165) is 18.8 Å². The van der Waals surface area contributed by atoms with Gasteiger partial charge in [0.25, 0.3) is 5.91 Å². The van der Waals surface area contributed by atoms with Crippen molar-refractivity contribution >= 4 is 46.4 Å². The zero-order valence-electron chi connectivity index (χ0n) is 18.5. The molecule has 4 aromatic rings. The lowest BCUT2D eigenvalue weighted by Gasteiger charge is -2.28. The maximum Gasteiger partial charge on any atom is 0.446 e. The Labute approximate surface area is 212 Å². The van der Waals surface area contributed by atoms with Gasteiger partial charge in [-0.15, -0.1) is 0 Å². The lowest BCUT2D eigenvalue weighted by atomic mass is 10.1. The molecule has 0 radical (unpaired) electrons. The summed E-state index contributed by atoms with van der Waals surface area (Å²) in [4.78, 5) is 23.4. The van der Waals surface area contributed by atoms with Crippen molar-refractivity contribution in [3.63, 3.8) is 0 Å². The predicted octanol–water partition coefficient (Wildman–Crippen LogP) is 5.15. The van der Waals surface area contributed by atoms with E-state index in [4.69, 9.17) is 16.3 Å². The van der Waals surface area contributed by atoms with Crippen LogP contribution in [0.15, 0.2) is 59.8 Å². The summed E-state index contributed by atoms with van der Waals surface area (Å²) < 4.78 is 45.0. The Kier molecular flexibility index (Phi) is 6.73. The van der Waals surface area contributed by atoms with E-state index < -0.39 is 11.4 Å². The normalized spacial score (nSPS) is 14.3. The van der Waals surface area contributed by atoms with Gasteiger partial charge in [0.1, 0.15) is 5.82 Å². The van der Waals surface area contributed by atoms with Crippen molar-refractivity contribution in [2.45, 2.75) is 10.4 Å². The highest BCUT2D eigenvalue weighted by atomic mass is 35.5. The number of nitrogens with zero attached hydrogens (tertiary/aromatic N) is 5. The monoisotopic (exact) mass is 534 g/mol. The van der Waals surface area contributed by atoms with Crippen molar-refractivity contribution in [2.75, 3.05) is 36.5 Å². The fourth-order valence-corrected chi connectivity index (χ4v) is 4.58. The molecule has 8 nitrogen and oxygen atoms in total. The Morgan fingerprint density at radius 2 is 1.89 bits per heavy atom. The van der Waals surface area contributed by atoms with Gasteiger partial charge >= 0.3 is 5.51 Å². The van der Waals surface area contributed by atoms with Crippen LogP contribution in [0, 0.1) is 0 Å². The Morgan fingerprint density at radius 3 is 2.58 bits per heavy atom. The van der Waals surface area contributed by atoms with Gasteiger partial charge < -0.3 is 15.0 Å². The molecule has 0 aliphatic carbocycles. The molecule has 1 saturated heterocycles. The van der Waals surface area contributed by atoms with Gasteiger partial charge in [-0.3, -0.25) is 4.79 Å². The van der Waals surface area contributed by atoms with E-state index >= 15 is 0 Å². The molecule has 0 spiro atoms. The van der Waals surface area contributed by atoms with E-state index in [1.807, 2.05) is 6.07 Å². The standard InChI is InChI=1S/C23H18ClF3N6O2S/c24-16-11-14(1-3-19(16)36-23(25,26)27)18-5-6-28-21-12-17(31-33(18)21)22(34)30-20-4-2-15(13-29-20)32-7-9-35-10-8-32/h1-6,11-13H,7-10H2,(H,29,30,34). The molecule has 13 heteroatoms. The van der Waals surface area contributed by atoms with Crippen LogP contribution < -0.4 is 10.2 Å². The third-order valence-corrected chi connectivity index (χ3v) is 6.64. The lowest BCUT2D eigenvalue weighted by molar-refractivity contribution is -0.0328. The van der Waals surface area contributed by atoms with Crippen LogP contribution in [0.2, 0.25) is 5.02 Å². The summed E-state index contributed by atoms with van der Waals surface area (Å²) in [6.45, 7) is 2.87. The van der Waals surface area contributed by atoms with Gasteiger partial charge in [-0.1, -0.05) is 17.7 Å². The van der Waals surface area contributed by atoms with Crippen LogP contribution in [0.5, 0.6) is 0 Å². The van der Waals surface area contributed by atoms with Crippen LogP contribution in [0.3, 0.4) is 0 Å². The first-order valence-electron chi connectivity index (χ1n) is 10.8. The third kappa shape index (κ3) is 5.40. The maximum absolute atomic E-state index is 12.8. The number of halogens is 4. The number of fused-ring (bicyclic) bond motifs is 1. The molecule has 0 unspecified atom stereocenters. The predicted molar refractivity (Wildman–Crippen MR) is 131 cm³/mol. The quantitative estimate of drug-likeness (QED) is 0.355. The van der Waals surface area contributed by atoms with E-state index in [2.05, 4.69) is 25.3 Å². The number of rotatable bonds is 5. The summed E-state index contributed by atoms with van der Waals surface area (Å²) in [5, 5.41) is 7.03. The Hall–Kier alpha value is -3.35. The second kappa shape index (κ2) is 9.96. The highest BCUT2D eigenvalue weighted by molar-refractivity contribution is 8.00. The van der Waals surface area contributed by atoms with Crippen LogP contribution in [-0.4, -0.2) is 57.3 Å². The number of benzene rings is 1. The number of carbonyl (C=O) groups excluding carboxylic acids is 1. The molecule has 36 heavy (non-hydrogen) atoms. The molecule has 1 fully saturated rings. The molecule has 1 amide bonds. The number of hydrogen-bond acceptors (Lipinski definition) is 7.